The molecular weight excluding hydrogens is 539 g/mol. The molecule has 1 aliphatic carbocycles. The normalized spacial score (nSPS) is 20.1. The summed E-state index contributed by atoms with van der Waals surface area (Å²) in [7, 11) is -3.58. The molecule has 0 radical (unpaired) electrons. The van der Waals surface area contributed by atoms with Crippen molar-refractivity contribution in [1.29, 1.82) is 0 Å². The fourth-order valence-corrected chi connectivity index (χ4v) is 5.78. The first-order valence-electron chi connectivity index (χ1n) is 12.3. The van der Waals surface area contributed by atoms with Crippen LogP contribution in [-0.2, 0) is 26.0 Å². The molecule has 4 amide bonds. The molecule has 3 aliphatic rings. The van der Waals surface area contributed by atoms with Crippen LogP contribution in [0.15, 0.2) is 47.6 Å². The number of amides is 4. The van der Waals surface area contributed by atoms with Crippen molar-refractivity contribution in [3.05, 3.63) is 48.3 Å². The van der Waals surface area contributed by atoms with Crippen molar-refractivity contribution in [3.63, 3.8) is 0 Å². The second kappa shape index (κ2) is 9.59. The molecule has 2 aliphatic heterocycles. The highest BCUT2D eigenvalue weighted by Crippen LogP contribution is 2.50. The fraction of sp³-hybridized carbons (Fsp3) is 0.440. The van der Waals surface area contributed by atoms with E-state index in [4.69, 9.17) is 0 Å². The summed E-state index contributed by atoms with van der Waals surface area (Å²) in [6.07, 6.45) is 5.24. The van der Waals surface area contributed by atoms with Crippen molar-refractivity contribution in [1.82, 2.24) is 14.8 Å². The number of sulfone groups is 1. The summed E-state index contributed by atoms with van der Waals surface area (Å²) in [5.74, 6) is -0.832. The number of halogens is 3. The van der Waals surface area contributed by atoms with Crippen molar-refractivity contribution in [2.24, 2.45) is 5.92 Å². The van der Waals surface area contributed by atoms with E-state index in [1.807, 2.05) is 7.05 Å². The number of carbonyl (C=O) groups excluding carboxylic acids is 3. The predicted molar refractivity (Wildman–Crippen MR) is 133 cm³/mol. The first-order chi connectivity index (χ1) is 18.3. The second-order valence-corrected chi connectivity index (χ2v) is 12.0. The number of benzene rings is 1. The third-order valence-corrected chi connectivity index (χ3v) is 9.06. The molecule has 39 heavy (non-hydrogen) atoms. The van der Waals surface area contributed by atoms with Crippen molar-refractivity contribution >= 4 is 39.1 Å². The smallest absolute Gasteiger partial charge is 0.324 e. The number of likely N-dealkylation sites (tertiary alicyclic amines) is 1. The minimum absolute atomic E-state index is 0.00680. The molecule has 1 N–H and O–H groups in total. The van der Waals surface area contributed by atoms with Crippen molar-refractivity contribution in [2.75, 3.05) is 30.4 Å². The van der Waals surface area contributed by atoms with Crippen LogP contribution in [0, 0.1) is 5.92 Å². The number of nitrogens with one attached hydrogen (secondary N) is 1. The molecule has 0 atom stereocenters. The molecule has 1 spiro atoms. The van der Waals surface area contributed by atoms with Gasteiger partial charge in [0, 0.05) is 12.1 Å². The first-order valence-corrected chi connectivity index (χ1v) is 13.8. The largest absolute Gasteiger partial charge is 0.501 e. The van der Waals surface area contributed by atoms with E-state index in [1.165, 1.54) is 17.3 Å². The molecule has 1 saturated carbocycles. The van der Waals surface area contributed by atoms with Gasteiger partial charge in [0.1, 0.15) is 5.54 Å². The van der Waals surface area contributed by atoms with E-state index in [0.29, 0.717) is 24.1 Å². The Kier molecular flexibility index (Phi) is 6.66. The third-order valence-electron chi connectivity index (χ3n) is 7.56. The van der Waals surface area contributed by atoms with E-state index in [1.54, 1.807) is 6.07 Å². The molecule has 14 heteroatoms. The Labute approximate surface area is 222 Å². The number of alkyl halides is 3. The molecule has 2 aromatic rings. The number of nitrogens with zero attached hydrogens (tertiary/aromatic N) is 4. The summed E-state index contributed by atoms with van der Waals surface area (Å²) in [4.78, 5) is 47.2. The zero-order valence-electron chi connectivity index (χ0n) is 20.9. The summed E-state index contributed by atoms with van der Waals surface area (Å²) in [6, 6.07) is 4.42. The number of hydrogen-bond donors (Lipinski definition) is 1. The number of rotatable bonds is 6. The van der Waals surface area contributed by atoms with Crippen LogP contribution in [0.25, 0.3) is 0 Å². The summed E-state index contributed by atoms with van der Waals surface area (Å²) < 4.78 is 62.1. The van der Waals surface area contributed by atoms with Crippen LogP contribution in [0.3, 0.4) is 0 Å². The van der Waals surface area contributed by atoms with E-state index in [9.17, 15) is 36.0 Å². The Bertz CT molecular complexity index is 1420. The number of imide groups is 1. The number of carbonyl (C=O) groups is 3. The molecule has 208 valence electrons. The lowest BCUT2D eigenvalue weighted by Crippen LogP contribution is -2.37. The standard InChI is InChI=1S/C25H26F3N5O5S/c1-31-12-7-16(8-13-31)21(34)30-20-14-29-11-6-17(20)15-32-23(36)33(22(35)24(32)9-10-24)18-2-4-19(5-3-18)39(37,38)25(26,27)28/h2-6,11,14,16H,7-10,12-13,15H2,1H3,(H,30,34). The zero-order chi connectivity index (χ0) is 28.2. The average molecular weight is 566 g/mol. The van der Waals surface area contributed by atoms with Crippen molar-refractivity contribution < 1.29 is 36.0 Å². The Morgan fingerprint density at radius 2 is 1.74 bits per heavy atom. The van der Waals surface area contributed by atoms with Crippen LogP contribution in [0.5, 0.6) is 0 Å². The van der Waals surface area contributed by atoms with Gasteiger partial charge in [-0.2, -0.15) is 13.2 Å². The van der Waals surface area contributed by atoms with Gasteiger partial charge in [-0.3, -0.25) is 14.6 Å². The zero-order valence-corrected chi connectivity index (χ0v) is 21.8. The van der Waals surface area contributed by atoms with E-state index >= 15 is 0 Å². The van der Waals surface area contributed by atoms with Crippen molar-refractivity contribution in [2.45, 2.75) is 48.2 Å². The van der Waals surface area contributed by atoms with Gasteiger partial charge >= 0.3 is 11.5 Å². The Balaban J connectivity index is 1.36. The van der Waals surface area contributed by atoms with Crippen LogP contribution in [0.4, 0.5) is 29.3 Å². The maximum Gasteiger partial charge on any atom is 0.501 e. The third kappa shape index (κ3) is 4.75. The minimum Gasteiger partial charge on any atom is -0.324 e. The van der Waals surface area contributed by atoms with Gasteiger partial charge in [0.2, 0.25) is 5.91 Å². The molecule has 0 bridgehead atoms. The molecule has 1 aromatic heterocycles. The van der Waals surface area contributed by atoms with E-state index in [0.717, 1.165) is 55.1 Å². The number of anilines is 2. The summed E-state index contributed by atoms with van der Waals surface area (Å²) in [5, 5.41) is 2.91. The van der Waals surface area contributed by atoms with Gasteiger partial charge in [0.25, 0.3) is 15.7 Å². The maximum atomic E-state index is 13.5. The lowest BCUT2D eigenvalue weighted by atomic mass is 9.96. The molecule has 1 aromatic carbocycles. The van der Waals surface area contributed by atoms with Gasteiger partial charge in [-0.05, 0) is 81.7 Å². The number of hydrogen-bond acceptors (Lipinski definition) is 7. The Morgan fingerprint density at radius 3 is 2.33 bits per heavy atom. The van der Waals surface area contributed by atoms with Gasteiger partial charge < -0.3 is 15.1 Å². The number of urea groups is 1. The van der Waals surface area contributed by atoms with Gasteiger partial charge in [-0.25, -0.2) is 18.1 Å². The second-order valence-electron chi connectivity index (χ2n) is 10.1. The maximum absolute atomic E-state index is 13.5. The topological polar surface area (TPSA) is 120 Å². The van der Waals surface area contributed by atoms with Gasteiger partial charge in [0.05, 0.1) is 29.0 Å². The van der Waals surface area contributed by atoms with Crippen LogP contribution in [0.1, 0.15) is 31.2 Å². The van der Waals surface area contributed by atoms with Gasteiger partial charge in [0.15, 0.2) is 0 Å². The molecule has 2 saturated heterocycles. The predicted octanol–water partition coefficient (Wildman–Crippen LogP) is 3.16. The molecule has 0 unspecified atom stereocenters. The highest BCUT2D eigenvalue weighted by molar-refractivity contribution is 7.92. The highest BCUT2D eigenvalue weighted by atomic mass is 32.2. The van der Waals surface area contributed by atoms with E-state index in [2.05, 4.69) is 15.2 Å². The number of aromatic nitrogens is 1. The van der Waals surface area contributed by atoms with Crippen LogP contribution in [0.2, 0.25) is 0 Å². The Hall–Kier alpha value is -3.52. The van der Waals surface area contributed by atoms with Crippen LogP contribution >= 0.6 is 0 Å². The quantitative estimate of drug-likeness (QED) is 0.535. The van der Waals surface area contributed by atoms with E-state index < -0.39 is 37.7 Å². The lowest BCUT2D eigenvalue weighted by Gasteiger charge is -2.28. The molecule has 3 heterocycles. The SMILES string of the molecule is CN1CCC(C(=O)Nc2cnccc2CN2C(=O)N(c3ccc(S(=O)(=O)C(F)(F)F)cc3)C(=O)C23CC3)CC1. The monoisotopic (exact) mass is 565 g/mol. The summed E-state index contributed by atoms with van der Waals surface area (Å²) in [5.41, 5.74) is -5.62. The van der Waals surface area contributed by atoms with Crippen LogP contribution < -0.4 is 10.2 Å². The van der Waals surface area contributed by atoms with Crippen LogP contribution in [-0.4, -0.2) is 72.2 Å². The van der Waals surface area contributed by atoms with E-state index in [-0.39, 0.29) is 24.1 Å². The number of pyridine rings is 1. The van der Waals surface area contributed by atoms with Crippen molar-refractivity contribution in [3.8, 4) is 0 Å². The Morgan fingerprint density at radius 1 is 1.10 bits per heavy atom. The average Bonchev–Trinajstić information content (AvgIpc) is 3.66. The number of piperidine rings is 1. The van der Waals surface area contributed by atoms with Gasteiger partial charge in [-0.1, -0.05) is 0 Å². The summed E-state index contributed by atoms with van der Waals surface area (Å²) in [6.45, 7) is 1.61. The lowest BCUT2D eigenvalue weighted by molar-refractivity contribution is -0.121. The molecule has 5 rings (SSSR count). The highest BCUT2D eigenvalue weighted by Gasteiger charge is 2.65. The molecule has 10 nitrogen and oxygen atoms in total. The fourth-order valence-electron chi connectivity index (χ4n) is 5.02. The molecular formula is C25H26F3N5O5S. The minimum atomic E-state index is -5.57. The summed E-state index contributed by atoms with van der Waals surface area (Å²) >= 11 is 0. The molecule has 3 fully saturated rings. The first kappa shape index (κ1) is 27.1. The van der Waals surface area contributed by atoms with Gasteiger partial charge in [-0.15, -0.1) is 0 Å².